The van der Waals surface area contributed by atoms with E-state index in [0.717, 1.165) is 22.6 Å². The zero-order chi connectivity index (χ0) is 32.5. The van der Waals surface area contributed by atoms with Gasteiger partial charge in [-0.1, -0.05) is 129 Å². The molecule has 46 heavy (non-hydrogen) atoms. The number of anilines is 3. The van der Waals surface area contributed by atoms with E-state index in [1.807, 2.05) is 17.4 Å². The highest BCUT2D eigenvalue weighted by molar-refractivity contribution is 7.29. The smallest absolute Gasteiger partial charge is 0.255 e. The second-order valence-corrected chi connectivity index (χ2v) is 13.9. The highest BCUT2D eigenvalue weighted by atomic mass is 32.1. The van der Waals surface area contributed by atoms with Crippen LogP contribution in [0.15, 0.2) is 116 Å². The lowest BCUT2D eigenvalue weighted by Gasteiger charge is -2.26. The van der Waals surface area contributed by atoms with E-state index in [0.29, 0.717) is 0 Å². The van der Waals surface area contributed by atoms with Crippen LogP contribution in [0.2, 0.25) is 0 Å². The monoisotopic (exact) mass is 615 g/mol. The predicted octanol–water partition coefficient (Wildman–Crippen LogP) is 10.2. The Morgan fingerprint density at radius 2 is 0.957 bits per heavy atom. The van der Waals surface area contributed by atoms with E-state index in [2.05, 4.69) is 169 Å². The summed E-state index contributed by atoms with van der Waals surface area (Å²) in [4.78, 5) is 3.60. The van der Waals surface area contributed by atoms with Crippen LogP contribution >= 0.6 is 11.3 Å². The van der Waals surface area contributed by atoms with E-state index in [1.165, 1.54) is 65.1 Å². The molecular weight excluding hydrogens is 573 g/mol. The summed E-state index contributed by atoms with van der Waals surface area (Å²) < 4.78 is 1.38. The van der Waals surface area contributed by atoms with Crippen LogP contribution in [0, 0.1) is 48.5 Å². The standard InChI is InChI=1S/C43H42BNS/c1-9-35-12-18-38(19-13-35)45(37-16-10-28(2)11-17-37)39-20-14-36(15-21-39)40-22-23-41(46-40)44(42-31(5)24-29(3)25-32(42)6)43-33(7)26-30(4)27-34(43)8/h9-27H,1H2,2-8H3. The molecule has 228 valence electrons. The van der Waals surface area contributed by atoms with E-state index < -0.39 is 0 Å². The van der Waals surface area contributed by atoms with Gasteiger partial charge in [0.15, 0.2) is 0 Å². The largest absolute Gasteiger partial charge is 0.311 e. The van der Waals surface area contributed by atoms with Crippen molar-refractivity contribution in [2.24, 2.45) is 0 Å². The molecule has 0 fully saturated rings. The van der Waals surface area contributed by atoms with Crippen LogP contribution in [0.4, 0.5) is 17.1 Å². The lowest BCUT2D eigenvalue weighted by molar-refractivity contribution is 1.27. The Kier molecular flexibility index (Phi) is 8.89. The maximum Gasteiger partial charge on any atom is 0.255 e. The SMILES string of the molecule is C=Cc1ccc(N(c2ccc(C)cc2)c2ccc(-c3ccc(B(c4c(C)cc(C)cc4C)c4c(C)cc(C)cc4C)s3)cc2)cc1. The highest BCUT2D eigenvalue weighted by Gasteiger charge is 2.30. The van der Waals surface area contributed by atoms with Crippen LogP contribution in [-0.4, -0.2) is 6.71 Å². The van der Waals surface area contributed by atoms with E-state index in [4.69, 9.17) is 0 Å². The maximum atomic E-state index is 3.93. The first-order valence-corrected chi connectivity index (χ1v) is 16.9. The molecule has 0 spiro atoms. The van der Waals surface area contributed by atoms with Gasteiger partial charge in [-0.25, -0.2) is 0 Å². The molecule has 0 aliphatic carbocycles. The van der Waals surface area contributed by atoms with E-state index >= 15 is 0 Å². The summed E-state index contributed by atoms with van der Waals surface area (Å²) in [5.41, 5.74) is 17.9. The molecule has 0 bridgehead atoms. The molecule has 1 nitrogen and oxygen atoms in total. The molecule has 3 heteroatoms. The first kappa shape index (κ1) is 31.4. The molecule has 0 amide bonds. The summed E-state index contributed by atoms with van der Waals surface area (Å²) in [5, 5.41) is 0. The van der Waals surface area contributed by atoms with Crippen molar-refractivity contribution in [1.29, 1.82) is 0 Å². The predicted molar refractivity (Wildman–Crippen MR) is 205 cm³/mol. The molecule has 0 saturated heterocycles. The zero-order valence-corrected chi connectivity index (χ0v) is 28.9. The Labute approximate surface area is 280 Å². The van der Waals surface area contributed by atoms with Crippen LogP contribution in [0.25, 0.3) is 16.5 Å². The molecule has 0 N–H and O–H groups in total. The van der Waals surface area contributed by atoms with Gasteiger partial charge in [0.25, 0.3) is 6.71 Å². The van der Waals surface area contributed by atoms with Crippen LogP contribution in [0.5, 0.6) is 0 Å². The van der Waals surface area contributed by atoms with Gasteiger partial charge in [0.1, 0.15) is 0 Å². The Morgan fingerprint density at radius 1 is 0.522 bits per heavy atom. The van der Waals surface area contributed by atoms with Crippen molar-refractivity contribution in [3.8, 4) is 10.4 Å². The first-order chi connectivity index (χ1) is 22.1. The van der Waals surface area contributed by atoms with Crippen LogP contribution in [-0.2, 0) is 0 Å². The second-order valence-electron chi connectivity index (χ2n) is 12.8. The summed E-state index contributed by atoms with van der Waals surface area (Å²) in [6.07, 6.45) is 1.89. The summed E-state index contributed by atoms with van der Waals surface area (Å²) in [6.45, 7) is 19.8. The summed E-state index contributed by atoms with van der Waals surface area (Å²) >= 11 is 1.92. The fourth-order valence-corrected chi connectivity index (χ4v) is 8.19. The van der Waals surface area contributed by atoms with Crippen molar-refractivity contribution in [1.82, 2.24) is 0 Å². The third-order valence-corrected chi connectivity index (χ3v) is 10.3. The summed E-state index contributed by atoms with van der Waals surface area (Å²) in [6, 6.07) is 40.4. The van der Waals surface area contributed by atoms with Crippen LogP contribution < -0.4 is 20.6 Å². The van der Waals surface area contributed by atoms with Crippen molar-refractivity contribution in [2.45, 2.75) is 48.5 Å². The number of aryl methyl sites for hydroxylation is 7. The normalized spacial score (nSPS) is 11.0. The van der Waals surface area contributed by atoms with E-state index in [9.17, 15) is 0 Å². The van der Waals surface area contributed by atoms with Gasteiger partial charge >= 0.3 is 0 Å². The van der Waals surface area contributed by atoms with Gasteiger partial charge in [0, 0.05) is 21.9 Å². The highest BCUT2D eigenvalue weighted by Crippen LogP contribution is 2.36. The molecule has 0 atom stereocenters. The van der Waals surface area contributed by atoms with Gasteiger partial charge in [-0.3, -0.25) is 0 Å². The molecule has 5 aromatic carbocycles. The third kappa shape index (κ3) is 6.25. The van der Waals surface area contributed by atoms with Crippen molar-refractivity contribution >= 4 is 56.9 Å². The Balaban J connectivity index is 1.41. The van der Waals surface area contributed by atoms with E-state index in [-0.39, 0.29) is 6.71 Å². The van der Waals surface area contributed by atoms with Gasteiger partial charge in [0.2, 0.25) is 0 Å². The fourth-order valence-electron chi connectivity index (χ4n) is 7.06. The molecule has 1 aromatic heterocycles. The molecule has 0 aliphatic heterocycles. The summed E-state index contributed by atoms with van der Waals surface area (Å²) in [5.74, 6) is 0. The fraction of sp³-hybridized carbons (Fsp3) is 0.163. The molecule has 1 heterocycles. The van der Waals surface area contributed by atoms with Crippen molar-refractivity contribution in [3.05, 3.63) is 160 Å². The van der Waals surface area contributed by atoms with Crippen LogP contribution in [0.1, 0.15) is 44.5 Å². The Morgan fingerprint density at radius 3 is 1.41 bits per heavy atom. The quantitative estimate of drug-likeness (QED) is 0.154. The minimum Gasteiger partial charge on any atom is -0.311 e. The average Bonchev–Trinajstić information content (AvgIpc) is 3.51. The lowest BCUT2D eigenvalue weighted by atomic mass is 9.37. The topological polar surface area (TPSA) is 3.24 Å². The molecule has 6 rings (SSSR count). The summed E-state index contributed by atoms with van der Waals surface area (Å²) in [7, 11) is 0. The molecule has 6 aromatic rings. The van der Waals surface area contributed by atoms with Gasteiger partial charge in [-0.2, -0.15) is 0 Å². The molecule has 0 unspecified atom stereocenters. The van der Waals surface area contributed by atoms with Gasteiger partial charge < -0.3 is 4.90 Å². The molecule has 0 aliphatic rings. The Bertz CT molecular complexity index is 1910. The molecular formula is C43H42BNS. The van der Waals surface area contributed by atoms with Crippen molar-refractivity contribution in [2.75, 3.05) is 4.90 Å². The molecule has 0 radical (unpaired) electrons. The lowest BCUT2D eigenvalue weighted by Crippen LogP contribution is -2.54. The third-order valence-electron chi connectivity index (χ3n) is 9.05. The second kappa shape index (κ2) is 13.0. The van der Waals surface area contributed by atoms with Crippen molar-refractivity contribution in [3.63, 3.8) is 0 Å². The minimum absolute atomic E-state index is 0.190. The zero-order valence-electron chi connectivity index (χ0n) is 28.1. The minimum atomic E-state index is 0.190. The number of rotatable bonds is 8. The van der Waals surface area contributed by atoms with E-state index in [1.54, 1.807) is 0 Å². The maximum absolute atomic E-state index is 3.93. The number of benzene rings is 5. The van der Waals surface area contributed by atoms with Crippen molar-refractivity contribution < 1.29 is 0 Å². The Hall–Kier alpha value is -4.60. The van der Waals surface area contributed by atoms with Gasteiger partial charge in [-0.15, -0.1) is 11.3 Å². The molecule has 0 saturated carbocycles. The number of hydrogen-bond donors (Lipinski definition) is 0. The van der Waals surface area contributed by atoms with Gasteiger partial charge in [0.05, 0.1) is 0 Å². The number of thiophene rings is 1. The van der Waals surface area contributed by atoms with Crippen LogP contribution in [0.3, 0.4) is 0 Å². The van der Waals surface area contributed by atoms with Gasteiger partial charge in [-0.05, 0) is 107 Å². The first-order valence-electron chi connectivity index (χ1n) is 16.1. The number of hydrogen-bond acceptors (Lipinski definition) is 2. The number of nitrogens with zero attached hydrogens (tertiary/aromatic N) is 1. The average molecular weight is 616 g/mol.